The first-order chi connectivity index (χ1) is 23.1. The second-order valence-corrected chi connectivity index (χ2v) is 11.6. The number of nitrogens with zero attached hydrogens (tertiary/aromatic N) is 2. The average molecular weight is 615 g/mol. The minimum atomic E-state index is -0.140. The molecule has 8 rings (SSSR count). The van der Waals surface area contributed by atoms with Crippen molar-refractivity contribution in [1.82, 2.24) is 9.97 Å². The van der Waals surface area contributed by atoms with Crippen molar-refractivity contribution in [2.45, 2.75) is 20.0 Å². The van der Waals surface area contributed by atoms with Gasteiger partial charge in [-0.05, 0) is 66.6 Å². The number of phenolic OH excluding ortho intramolecular Hbond substituents is 1. The number of rotatable bonds is 7. The van der Waals surface area contributed by atoms with Gasteiger partial charge in [-0.25, -0.2) is 0 Å². The fraction of sp³-hybridized carbons (Fsp3) is 0.0750. The lowest BCUT2D eigenvalue weighted by Crippen LogP contribution is -2.15. The zero-order chi connectivity index (χ0) is 31.9. The van der Waals surface area contributed by atoms with E-state index in [0.717, 1.165) is 60.8 Å². The Kier molecular flexibility index (Phi) is 6.99. The molecule has 0 amide bonds. The molecule has 2 aliphatic rings. The summed E-state index contributed by atoms with van der Waals surface area (Å²) in [5, 5.41) is 21.1. The van der Waals surface area contributed by atoms with Crippen molar-refractivity contribution in [3.63, 3.8) is 0 Å². The van der Waals surface area contributed by atoms with E-state index in [1.54, 1.807) is 24.5 Å². The minimum absolute atomic E-state index is 0.0943. The Hall–Kier alpha value is -6.21. The van der Waals surface area contributed by atoms with E-state index in [9.17, 15) is 9.90 Å². The van der Waals surface area contributed by atoms with E-state index in [4.69, 9.17) is 4.42 Å². The van der Waals surface area contributed by atoms with Crippen LogP contribution in [0.25, 0.3) is 55.2 Å². The molecule has 7 nitrogen and oxygen atoms in total. The van der Waals surface area contributed by atoms with Gasteiger partial charge in [-0.2, -0.15) is 0 Å². The SMILES string of the molecule is Cc1ccccc1-c1c2ccc(=O)c(CNc3cccc4cccnc34)c-2oc2c(CNc3cccc4cccnc34)c(O)ccc12. The zero-order valence-electron chi connectivity index (χ0n) is 25.6. The maximum absolute atomic E-state index is 13.6. The Morgan fingerprint density at radius 2 is 1.30 bits per heavy atom. The predicted molar refractivity (Wildman–Crippen MR) is 189 cm³/mol. The highest BCUT2D eigenvalue weighted by Gasteiger charge is 2.25. The fourth-order valence-corrected chi connectivity index (χ4v) is 6.44. The number of nitrogens with one attached hydrogen (secondary N) is 2. The van der Waals surface area contributed by atoms with E-state index in [1.165, 1.54) is 0 Å². The van der Waals surface area contributed by atoms with Crippen LogP contribution in [0.5, 0.6) is 5.75 Å². The van der Waals surface area contributed by atoms with Crippen LogP contribution in [-0.4, -0.2) is 15.1 Å². The third kappa shape index (κ3) is 4.98. The molecule has 1 aliphatic heterocycles. The topological polar surface area (TPSA) is 100 Å². The Balaban J connectivity index is 1.31. The number of aromatic nitrogens is 2. The second kappa shape index (κ2) is 11.6. The molecule has 0 atom stereocenters. The Labute approximate surface area is 270 Å². The van der Waals surface area contributed by atoms with E-state index in [1.807, 2.05) is 84.9 Å². The highest BCUT2D eigenvalue weighted by molar-refractivity contribution is 6.04. The third-order valence-corrected chi connectivity index (χ3v) is 8.79. The number of aromatic hydroxyl groups is 1. The highest BCUT2D eigenvalue weighted by atomic mass is 16.3. The monoisotopic (exact) mass is 614 g/mol. The Bertz CT molecular complexity index is 2480. The summed E-state index contributed by atoms with van der Waals surface area (Å²) >= 11 is 0. The summed E-state index contributed by atoms with van der Waals surface area (Å²) in [6, 6.07) is 35.0. The first-order valence-corrected chi connectivity index (χ1v) is 15.5. The van der Waals surface area contributed by atoms with Gasteiger partial charge in [0.1, 0.15) is 17.1 Å². The normalized spacial score (nSPS) is 11.4. The number of hydrogen-bond donors (Lipinski definition) is 3. The maximum Gasteiger partial charge on any atom is 0.187 e. The summed E-state index contributed by atoms with van der Waals surface area (Å²) < 4.78 is 6.75. The van der Waals surface area contributed by atoms with Gasteiger partial charge in [0.15, 0.2) is 5.43 Å². The van der Waals surface area contributed by atoms with Gasteiger partial charge in [0, 0.05) is 52.8 Å². The maximum atomic E-state index is 13.6. The van der Waals surface area contributed by atoms with Crippen LogP contribution in [0.4, 0.5) is 11.4 Å². The first kappa shape index (κ1) is 28.3. The second-order valence-electron chi connectivity index (χ2n) is 11.6. The number of benzene rings is 5. The van der Waals surface area contributed by atoms with Gasteiger partial charge in [-0.15, -0.1) is 0 Å². The number of hydrogen-bond acceptors (Lipinski definition) is 7. The van der Waals surface area contributed by atoms with Crippen LogP contribution in [0.1, 0.15) is 16.7 Å². The predicted octanol–water partition coefficient (Wildman–Crippen LogP) is 8.90. The van der Waals surface area contributed by atoms with Crippen molar-refractivity contribution in [2.24, 2.45) is 0 Å². The minimum Gasteiger partial charge on any atom is -0.507 e. The number of fused-ring (bicyclic) bond motifs is 4. The molecule has 1 aliphatic carbocycles. The van der Waals surface area contributed by atoms with Crippen molar-refractivity contribution in [1.29, 1.82) is 0 Å². The summed E-state index contributed by atoms with van der Waals surface area (Å²) in [6.45, 7) is 2.57. The molecular weight excluding hydrogens is 584 g/mol. The van der Waals surface area contributed by atoms with Crippen LogP contribution in [0.3, 0.4) is 0 Å². The number of para-hydroxylation sites is 2. The van der Waals surface area contributed by atoms with Gasteiger partial charge in [-0.3, -0.25) is 14.8 Å². The van der Waals surface area contributed by atoms with Crippen molar-refractivity contribution in [3.8, 4) is 28.2 Å². The zero-order valence-corrected chi connectivity index (χ0v) is 25.6. The lowest BCUT2D eigenvalue weighted by Gasteiger charge is -2.21. The molecule has 2 aromatic heterocycles. The van der Waals surface area contributed by atoms with Crippen LogP contribution < -0.4 is 16.1 Å². The molecule has 0 unspecified atom stereocenters. The molecule has 0 fully saturated rings. The summed E-state index contributed by atoms with van der Waals surface area (Å²) in [4.78, 5) is 22.7. The lowest BCUT2D eigenvalue weighted by atomic mass is 9.89. The molecule has 3 heterocycles. The van der Waals surface area contributed by atoms with Crippen molar-refractivity contribution in [3.05, 3.63) is 149 Å². The molecule has 47 heavy (non-hydrogen) atoms. The highest BCUT2D eigenvalue weighted by Crippen LogP contribution is 2.44. The van der Waals surface area contributed by atoms with Crippen LogP contribution in [0, 0.1) is 6.92 Å². The molecule has 0 saturated carbocycles. The van der Waals surface area contributed by atoms with Crippen LogP contribution in [0.2, 0.25) is 0 Å². The van der Waals surface area contributed by atoms with Gasteiger partial charge < -0.3 is 20.2 Å². The standard InChI is InChI=1S/C40H30N4O3/c1-24-8-2-3-13-27(24)36-28-16-18-34(45)30(22-43-32-14-4-9-25-11-6-20-41-37(25)32)39(28)47-40-29(36)17-19-35(46)31(40)23-44-33-15-5-10-26-12-7-21-42-38(26)33/h2-21,43-45H,22-23H2,1H3. The van der Waals surface area contributed by atoms with Crippen molar-refractivity contribution < 1.29 is 9.52 Å². The molecule has 6 aromatic rings. The molecule has 0 radical (unpaired) electrons. The lowest BCUT2D eigenvalue weighted by molar-refractivity contribution is 0.467. The number of phenols is 1. The van der Waals surface area contributed by atoms with Crippen LogP contribution in [0.15, 0.2) is 131 Å². The smallest absolute Gasteiger partial charge is 0.187 e. The number of pyridine rings is 2. The summed E-state index contributed by atoms with van der Waals surface area (Å²) in [7, 11) is 0. The summed E-state index contributed by atoms with van der Waals surface area (Å²) in [5.41, 5.74) is 8.66. The van der Waals surface area contributed by atoms with E-state index in [0.29, 0.717) is 22.5 Å². The number of aryl methyl sites for hydroxylation is 1. The van der Waals surface area contributed by atoms with Gasteiger partial charge in [0.2, 0.25) is 0 Å². The molecule has 0 spiro atoms. The van der Waals surface area contributed by atoms with E-state index < -0.39 is 0 Å². The Morgan fingerprint density at radius 1 is 0.660 bits per heavy atom. The van der Waals surface area contributed by atoms with E-state index in [2.05, 4.69) is 39.7 Å². The molecule has 7 heteroatoms. The molecule has 0 bridgehead atoms. The molecule has 0 saturated heterocycles. The fourth-order valence-electron chi connectivity index (χ4n) is 6.44. The van der Waals surface area contributed by atoms with Gasteiger partial charge in [0.25, 0.3) is 0 Å². The van der Waals surface area contributed by atoms with Gasteiger partial charge in [-0.1, -0.05) is 60.7 Å². The molecule has 228 valence electrons. The average Bonchev–Trinajstić information content (AvgIpc) is 3.10. The summed E-state index contributed by atoms with van der Waals surface area (Å²) in [6.07, 6.45) is 3.53. The summed E-state index contributed by atoms with van der Waals surface area (Å²) in [5.74, 6) is 0.569. The molecule has 4 aromatic carbocycles. The van der Waals surface area contributed by atoms with Crippen LogP contribution >= 0.6 is 0 Å². The van der Waals surface area contributed by atoms with Crippen molar-refractivity contribution in [2.75, 3.05) is 10.6 Å². The Morgan fingerprint density at radius 3 is 1.98 bits per heavy atom. The van der Waals surface area contributed by atoms with Crippen molar-refractivity contribution >= 4 is 44.1 Å². The third-order valence-electron chi connectivity index (χ3n) is 8.79. The molecular formula is C40H30N4O3. The number of anilines is 2. The first-order valence-electron chi connectivity index (χ1n) is 15.5. The van der Waals surface area contributed by atoms with Gasteiger partial charge >= 0.3 is 0 Å². The van der Waals surface area contributed by atoms with Gasteiger partial charge in [0.05, 0.1) is 33.5 Å². The van der Waals surface area contributed by atoms with E-state index in [-0.39, 0.29) is 24.3 Å². The molecule has 3 N–H and O–H groups in total. The van der Waals surface area contributed by atoms with Crippen LogP contribution in [-0.2, 0) is 13.1 Å². The largest absolute Gasteiger partial charge is 0.507 e. The quantitative estimate of drug-likeness (QED) is 0.154. The van der Waals surface area contributed by atoms with E-state index >= 15 is 0 Å².